The maximum atomic E-state index is 11.5. The summed E-state index contributed by atoms with van der Waals surface area (Å²) in [4.78, 5) is 4.42. The molecule has 8 heteroatoms. The first-order valence-corrected chi connectivity index (χ1v) is 10.3. The highest BCUT2D eigenvalue weighted by atomic mass is 32.2. The summed E-state index contributed by atoms with van der Waals surface area (Å²) in [5.74, 6) is 1.49. The van der Waals surface area contributed by atoms with E-state index < -0.39 is 9.84 Å². The number of guanidine groups is 1. The van der Waals surface area contributed by atoms with Gasteiger partial charge in [-0.2, -0.15) is 0 Å². The largest absolute Gasteiger partial charge is 0.381 e. The van der Waals surface area contributed by atoms with E-state index in [2.05, 4.69) is 15.6 Å². The molecule has 23 heavy (non-hydrogen) atoms. The van der Waals surface area contributed by atoms with Gasteiger partial charge in [-0.3, -0.25) is 4.99 Å². The highest BCUT2D eigenvalue weighted by Crippen LogP contribution is 2.12. The van der Waals surface area contributed by atoms with Crippen LogP contribution in [-0.4, -0.2) is 71.9 Å². The van der Waals surface area contributed by atoms with Crippen molar-refractivity contribution in [3.63, 3.8) is 0 Å². The lowest BCUT2D eigenvalue weighted by Crippen LogP contribution is -2.39. The Morgan fingerprint density at radius 1 is 1.35 bits per heavy atom. The summed E-state index contributed by atoms with van der Waals surface area (Å²) in [5.41, 5.74) is 0. The van der Waals surface area contributed by atoms with Crippen molar-refractivity contribution in [2.24, 2.45) is 10.9 Å². The van der Waals surface area contributed by atoms with Crippen LogP contribution in [0.2, 0.25) is 0 Å². The van der Waals surface area contributed by atoms with Gasteiger partial charge < -0.3 is 20.1 Å². The molecule has 0 amide bonds. The maximum Gasteiger partial charge on any atom is 0.191 e. The van der Waals surface area contributed by atoms with Crippen molar-refractivity contribution < 1.29 is 17.9 Å². The minimum absolute atomic E-state index is 0.125. The van der Waals surface area contributed by atoms with Crippen molar-refractivity contribution in [3.8, 4) is 0 Å². The van der Waals surface area contributed by atoms with Crippen molar-refractivity contribution in [3.05, 3.63) is 0 Å². The van der Waals surface area contributed by atoms with Crippen molar-refractivity contribution in [2.45, 2.75) is 26.7 Å². The van der Waals surface area contributed by atoms with Gasteiger partial charge in [-0.25, -0.2) is 8.42 Å². The van der Waals surface area contributed by atoms with Crippen LogP contribution in [0.25, 0.3) is 0 Å². The predicted molar refractivity (Wildman–Crippen MR) is 92.7 cm³/mol. The van der Waals surface area contributed by atoms with E-state index in [9.17, 15) is 8.42 Å². The minimum atomic E-state index is -2.95. The smallest absolute Gasteiger partial charge is 0.191 e. The Hall–Kier alpha value is -0.860. The van der Waals surface area contributed by atoms with E-state index in [4.69, 9.17) is 9.47 Å². The van der Waals surface area contributed by atoms with Gasteiger partial charge in [0.25, 0.3) is 0 Å². The fraction of sp³-hybridized carbons (Fsp3) is 0.933. The van der Waals surface area contributed by atoms with Crippen molar-refractivity contribution >= 4 is 15.8 Å². The first-order chi connectivity index (χ1) is 11.1. The number of nitrogens with zero attached hydrogens (tertiary/aromatic N) is 1. The highest BCUT2D eigenvalue weighted by Gasteiger charge is 2.15. The van der Waals surface area contributed by atoms with Gasteiger partial charge in [0.2, 0.25) is 0 Å². The summed E-state index contributed by atoms with van der Waals surface area (Å²) in [7, 11) is -2.95. The summed E-state index contributed by atoms with van der Waals surface area (Å²) in [6.07, 6.45) is 1.94. The zero-order valence-corrected chi connectivity index (χ0v) is 15.2. The van der Waals surface area contributed by atoms with E-state index in [0.717, 1.165) is 39.2 Å². The lowest BCUT2D eigenvalue weighted by molar-refractivity contribution is 0.0893. The summed E-state index contributed by atoms with van der Waals surface area (Å²) < 4.78 is 33.8. The van der Waals surface area contributed by atoms with Gasteiger partial charge in [0.1, 0.15) is 0 Å². The van der Waals surface area contributed by atoms with Gasteiger partial charge in [-0.15, -0.1) is 0 Å². The van der Waals surface area contributed by atoms with Crippen LogP contribution in [0, 0.1) is 5.92 Å². The molecule has 1 saturated heterocycles. The van der Waals surface area contributed by atoms with E-state index in [1.54, 1.807) is 6.92 Å². The van der Waals surface area contributed by atoms with Crippen molar-refractivity contribution in [1.29, 1.82) is 0 Å². The Morgan fingerprint density at radius 2 is 2.17 bits per heavy atom. The Kier molecular flexibility index (Phi) is 10.2. The average Bonchev–Trinajstić information content (AvgIpc) is 3.03. The normalized spacial score (nSPS) is 19.0. The molecule has 1 fully saturated rings. The van der Waals surface area contributed by atoms with E-state index in [1.807, 2.05) is 6.92 Å². The molecule has 1 heterocycles. The topological polar surface area (TPSA) is 89.0 Å². The number of rotatable bonds is 11. The van der Waals surface area contributed by atoms with Crippen LogP contribution in [0.1, 0.15) is 26.7 Å². The summed E-state index contributed by atoms with van der Waals surface area (Å²) in [6, 6.07) is 0. The summed E-state index contributed by atoms with van der Waals surface area (Å²) in [5, 5.41) is 6.16. The van der Waals surface area contributed by atoms with Crippen LogP contribution in [0.4, 0.5) is 0 Å². The SMILES string of the molecule is CCNC(=NCCCOCC1CCOC1)NCCS(=O)(=O)CC. The van der Waals surface area contributed by atoms with Crippen LogP contribution in [0.15, 0.2) is 4.99 Å². The molecule has 0 radical (unpaired) electrons. The van der Waals surface area contributed by atoms with Gasteiger partial charge in [0, 0.05) is 44.5 Å². The van der Waals surface area contributed by atoms with E-state index in [1.165, 1.54) is 0 Å². The Morgan fingerprint density at radius 3 is 2.83 bits per heavy atom. The Balaban J connectivity index is 2.15. The first-order valence-electron chi connectivity index (χ1n) is 8.45. The molecular formula is C15H31N3O4S. The molecule has 0 spiro atoms. The van der Waals surface area contributed by atoms with Crippen LogP contribution in [0.5, 0.6) is 0 Å². The molecule has 1 aliphatic heterocycles. The predicted octanol–water partition coefficient (Wildman–Crippen LogP) is 0.419. The highest BCUT2D eigenvalue weighted by molar-refractivity contribution is 7.91. The number of hydrogen-bond donors (Lipinski definition) is 2. The zero-order valence-electron chi connectivity index (χ0n) is 14.3. The first kappa shape index (κ1) is 20.2. The molecule has 0 aliphatic carbocycles. The lowest BCUT2D eigenvalue weighted by atomic mass is 10.1. The van der Waals surface area contributed by atoms with Crippen molar-refractivity contribution in [2.75, 3.05) is 57.6 Å². The average molecular weight is 349 g/mol. The number of nitrogens with one attached hydrogen (secondary N) is 2. The second-order valence-electron chi connectivity index (χ2n) is 5.58. The molecule has 1 rings (SSSR count). The molecule has 1 unspecified atom stereocenters. The van der Waals surface area contributed by atoms with E-state index >= 15 is 0 Å². The van der Waals surface area contributed by atoms with Gasteiger partial charge in [-0.1, -0.05) is 6.92 Å². The zero-order chi connectivity index (χ0) is 17.0. The number of ether oxygens (including phenoxy) is 2. The van der Waals surface area contributed by atoms with Gasteiger partial charge >= 0.3 is 0 Å². The second kappa shape index (κ2) is 11.6. The molecule has 136 valence electrons. The number of aliphatic imine (C=N–C) groups is 1. The maximum absolute atomic E-state index is 11.5. The third kappa shape index (κ3) is 9.78. The molecule has 1 aliphatic rings. The molecule has 0 saturated carbocycles. The third-order valence-corrected chi connectivity index (χ3v) is 5.29. The van der Waals surface area contributed by atoms with Crippen LogP contribution < -0.4 is 10.6 Å². The fourth-order valence-electron chi connectivity index (χ4n) is 2.13. The third-order valence-electron chi connectivity index (χ3n) is 3.58. The van der Waals surface area contributed by atoms with Gasteiger partial charge in [0.05, 0.1) is 19.0 Å². The summed E-state index contributed by atoms with van der Waals surface area (Å²) in [6.45, 7) is 8.51. The van der Waals surface area contributed by atoms with Crippen LogP contribution in [-0.2, 0) is 19.3 Å². The molecule has 0 aromatic carbocycles. The van der Waals surface area contributed by atoms with Crippen LogP contribution in [0.3, 0.4) is 0 Å². The van der Waals surface area contributed by atoms with Crippen LogP contribution >= 0.6 is 0 Å². The van der Waals surface area contributed by atoms with E-state index in [-0.39, 0.29) is 11.5 Å². The molecule has 0 aromatic heterocycles. The van der Waals surface area contributed by atoms with Crippen molar-refractivity contribution in [1.82, 2.24) is 10.6 Å². The molecule has 1 atom stereocenters. The number of sulfone groups is 1. The van der Waals surface area contributed by atoms with Gasteiger partial charge in [0.15, 0.2) is 15.8 Å². The fourth-order valence-corrected chi connectivity index (χ4v) is 2.84. The number of hydrogen-bond acceptors (Lipinski definition) is 5. The lowest BCUT2D eigenvalue weighted by Gasteiger charge is -2.11. The quantitative estimate of drug-likeness (QED) is 0.319. The van der Waals surface area contributed by atoms with E-state index in [0.29, 0.717) is 31.6 Å². The minimum Gasteiger partial charge on any atom is -0.381 e. The second-order valence-corrected chi connectivity index (χ2v) is 8.05. The molecule has 0 aromatic rings. The molecule has 7 nitrogen and oxygen atoms in total. The van der Waals surface area contributed by atoms with Gasteiger partial charge in [-0.05, 0) is 19.8 Å². The summed E-state index contributed by atoms with van der Waals surface area (Å²) >= 11 is 0. The standard InChI is InChI=1S/C15H31N3O4S/c1-3-16-15(18-8-11-23(19,20)4-2)17-7-5-9-21-12-14-6-10-22-13-14/h14H,3-13H2,1-2H3,(H2,16,17,18). The monoisotopic (exact) mass is 349 g/mol. The molecule has 0 bridgehead atoms. The Bertz CT molecular complexity index is 434. The molecular weight excluding hydrogens is 318 g/mol. The molecule has 2 N–H and O–H groups in total. The Labute approximate surface area is 140 Å².